The lowest BCUT2D eigenvalue weighted by atomic mass is 10.00. The van der Waals surface area contributed by atoms with Crippen LogP contribution in [-0.4, -0.2) is 23.2 Å². The van der Waals surface area contributed by atoms with E-state index in [1.54, 1.807) is 11.8 Å². The topological polar surface area (TPSA) is 68.0 Å². The molecule has 2 atom stereocenters. The van der Waals surface area contributed by atoms with E-state index in [0.717, 1.165) is 30.5 Å². The van der Waals surface area contributed by atoms with Gasteiger partial charge in [-0.2, -0.15) is 0 Å². The van der Waals surface area contributed by atoms with Crippen molar-refractivity contribution in [1.82, 2.24) is 4.98 Å². The van der Waals surface area contributed by atoms with Crippen molar-refractivity contribution in [2.45, 2.75) is 36.6 Å². The number of thioether (sulfide) groups is 1. The quantitative estimate of drug-likeness (QED) is 0.750. The average molecular weight is 384 g/mol. The van der Waals surface area contributed by atoms with Crippen LogP contribution in [0.15, 0.2) is 34.5 Å². The number of carbonyl (C=O) groups excluding carboxylic acids is 1. The van der Waals surface area contributed by atoms with E-state index in [1.165, 1.54) is 16.2 Å². The van der Waals surface area contributed by atoms with Crippen LogP contribution in [0.4, 0.5) is 5.13 Å². The van der Waals surface area contributed by atoms with Gasteiger partial charge in [0.2, 0.25) is 5.91 Å². The lowest BCUT2D eigenvalue weighted by Gasteiger charge is -2.13. The minimum Gasteiger partial charge on any atom is -0.327 e. The van der Waals surface area contributed by atoms with Crippen molar-refractivity contribution in [2.75, 3.05) is 11.6 Å². The van der Waals surface area contributed by atoms with Crippen LogP contribution in [-0.2, 0) is 4.79 Å². The number of hydrogen-bond donors (Lipinski definition) is 2. The third-order valence-corrected chi connectivity index (χ3v) is 5.80. The number of halogens is 1. The van der Waals surface area contributed by atoms with Crippen molar-refractivity contribution >= 4 is 46.5 Å². The zero-order valence-corrected chi connectivity index (χ0v) is 16.0. The van der Waals surface area contributed by atoms with Gasteiger partial charge in [-0.15, -0.1) is 35.5 Å². The second-order valence-corrected chi connectivity index (χ2v) is 7.61. The largest absolute Gasteiger partial charge is 0.327 e. The van der Waals surface area contributed by atoms with Crippen LogP contribution in [0, 0.1) is 5.92 Å². The van der Waals surface area contributed by atoms with Crippen molar-refractivity contribution in [3.8, 4) is 11.3 Å². The predicted molar refractivity (Wildman–Crippen MR) is 105 cm³/mol. The Balaban J connectivity index is 0.00000208. The molecule has 0 radical (unpaired) electrons. The highest BCUT2D eigenvalue weighted by molar-refractivity contribution is 7.98. The number of nitrogens with two attached hydrogens (primary N) is 1. The van der Waals surface area contributed by atoms with Gasteiger partial charge in [-0.25, -0.2) is 4.98 Å². The molecule has 3 N–H and O–H groups in total. The summed E-state index contributed by atoms with van der Waals surface area (Å²) in [6.45, 7) is 0. The predicted octanol–water partition coefficient (Wildman–Crippen LogP) is 4.41. The highest BCUT2D eigenvalue weighted by Crippen LogP contribution is 2.29. The van der Waals surface area contributed by atoms with Crippen molar-refractivity contribution < 1.29 is 4.79 Å². The van der Waals surface area contributed by atoms with Gasteiger partial charge in [-0.1, -0.05) is 18.6 Å². The SMILES string of the molecule is CSc1ccc(-c2csc(NC(=O)C[C@@H]3CCC[C@H]3N)n2)cc1.Cl. The summed E-state index contributed by atoms with van der Waals surface area (Å²) >= 11 is 3.18. The van der Waals surface area contributed by atoms with Crippen LogP contribution in [0.25, 0.3) is 11.3 Å². The molecule has 1 aliphatic carbocycles. The molecular formula is C17H22ClN3OS2. The third kappa shape index (κ3) is 4.72. The normalized spacial score (nSPS) is 19.8. The molecule has 0 saturated heterocycles. The number of nitrogens with zero attached hydrogens (tertiary/aromatic N) is 1. The number of nitrogens with one attached hydrogen (secondary N) is 1. The fourth-order valence-electron chi connectivity index (χ4n) is 2.95. The summed E-state index contributed by atoms with van der Waals surface area (Å²) in [5.74, 6) is 0.333. The van der Waals surface area contributed by atoms with E-state index >= 15 is 0 Å². The Bertz CT molecular complexity index is 675. The second kappa shape index (κ2) is 8.85. The number of rotatable bonds is 5. The lowest BCUT2D eigenvalue weighted by molar-refractivity contribution is -0.117. The van der Waals surface area contributed by atoms with E-state index in [0.29, 0.717) is 17.5 Å². The Morgan fingerprint density at radius 2 is 2.12 bits per heavy atom. The van der Waals surface area contributed by atoms with Gasteiger partial charge in [-0.3, -0.25) is 4.79 Å². The number of aromatic nitrogens is 1. The van der Waals surface area contributed by atoms with E-state index in [1.807, 2.05) is 5.38 Å². The van der Waals surface area contributed by atoms with Gasteiger partial charge < -0.3 is 11.1 Å². The van der Waals surface area contributed by atoms with E-state index in [2.05, 4.69) is 40.8 Å². The standard InChI is InChI=1S/C17H21N3OS2.ClH/c1-22-13-7-5-11(6-8-13)15-10-23-17(19-15)20-16(21)9-12-3-2-4-14(12)18;/h5-8,10,12,14H,2-4,9,18H2,1H3,(H,19,20,21);1H/t12-,14+;/m0./s1. The van der Waals surface area contributed by atoms with Gasteiger partial charge in [0, 0.05) is 28.3 Å². The smallest absolute Gasteiger partial charge is 0.226 e. The van der Waals surface area contributed by atoms with Gasteiger partial charge in [0.1, 0.15) is 0 Å². The van der Waals surface area contributed by atoms with Gasteiger partial charge in [-0.05, 0) is 37.1 Å². The summed E-state index contributed by atoms with van der Waals surface area (Å²) in [6.07, 6.45) is 5.78. The second-order valence-electron chi connectivity index (χ2n) is 5.87. The van der Waals surface area contributed by atoms with Gasteiger partial charge in [0.25, 0.3) is 0 Å². The van der Waals surface area contributed by atoms with Gasteiger partial charge in [0.15, 0.2) is 5.13 Å². The van der Waals surface area contributed by atoms with Crippen molar-refractivity contribution in [3.05, 3.63) is 29.6 Å². The molecule has 24 heavy (non-hydrogen) atoms. The maximum atomic E-state index is 12.1. The van der Waals surface area contributed by atoms with Crippen LogP contribution in [0.5, 0.6) is 0 Å². The maximum Gasteiger partial charge on any atom is 0.226 e. The minimum absolute atomic E-state index is 0. The Morgan fingerprint density at radius 3 is 2.75 bits per heavy atom. The van der Waals surface area contributed by atoms with E-state index < -0.39 is 0 Å². The molecule has 1 aromatic heterocycles. The summed E-state index contributed by atoms with van der Waals surface area (Å²) in [7, 11) is 0. The van der Waals surface area contributed by atoms with E-state index in [4.69, 9.17) is 5.73 Å². The molecule has 2 aromatic rings. The van der Waals surface area contributed by atoms with Gasteiger partial charge >= 0.3 is 0 Å². The Hall–Kier alpha value is -1.08. The molecule has 0 bridgehead atoms. The number of benzene rings is 1. The first-order chi connectivity index (χ1) is 11.2. The first kappa shape index (κ1) is 19.2. The summed E-state index contributed by atoms with van der Waals surface area (Å²) in [6, 6.07) is 8.45. The first-order valence-corrected chi connectivity index (χ1v) is 9.91. The molecule has 1 saturated carbocycles. The summed E-state index contributed by atoms with van der Waals surface area (Å²) in [5, 5.41) is 5.55. The molecule has 7 heteroatoms. The number of amides is 1. The summed E-state index contributed by atoms with van der Waals surface area (Å²) in [4.78, 5) is 17.9. The van der Waals surface area contributed by atoms with Crippen molar-refractivity contribution in [2.24, 2.45) is 11.7 Å². The van der Waals surface area contributed by atoms with Crippen LogP contribution in [0.3, 0.4) is 0 Å². The molecule has 1 fully saturated rings. The molecule has 0 unspecified atom stereocenters. The Morgan fingerprint density at radius 1 is 1.38 bits per heavy atom. The number of hydrogen-bond acceptors (Lipinski definition) is 5. The Labute approximate surface area is 157 Å². The van der Waals surface area contributed by atoms with Crippen molar-refractivity contribution in [1.29, 1.82) is 0 Å². The molecule has 3 rings (SSSR count). The molecule has 0 aliphatic heterocycles. The molecule has 0 spiro atoms. The van der Waals surface area contributed by atoms with Crippen LogP contribution < -0.4 is 11.1 Å². The van der Waals surface area contributed by atoms with Gasteiger partial charge in [0.05, 0.1) is 5.69 Å². The summed E-state index contributed by atoms with van der Waals surface area (Å²) in [5.41, 5.74) is 8.00. The van der Waals surface area contributed by atoms with Crippen molar-refractivity contribution in [3.63, 3.8) is 0 Å². The van der Waals surface area contributed by atoms with Crippen LogP contribution >= 0.6 is 35.5 Å². The third-order valence-electron chi connectivity index (χ3n) is 4.30. The monoisotopic (exact) mass is 383 g/mol. The molecule has 1 aromatic carbocycles. The summed E-state index contributed by atoms with van der Waals surface area (Å²) < 4.78 is 0. The minimum atomic E-state index is 0. The maximum absolute atomic E-state index is 12.1. The zero-order chi connectivity index (χ0) is 16.2. The first-order valence-electron chi connectivity index (χ1n) is 7.81. The number of carbonyl (C=O) groups is 1. The molecule has 4 nitrogen and oxygen atoms in total. The highest BCUT2D eigenvalue weighted by atomic mass is 35.5. The number of anilines is 1. The fourth-order valence-corrected chi connectivity index (χ4v) is 4.10. The zero-order valence-electron chi connectivity index (χ0n) is 13.5. The Kier molecular flexibility index (Phi) is 7.10. The van der Waals surface area contributed by atoms with Crippen LogP contribution in [0.2, 0.25) is 0 Å². The molecule has 1 aliphatic rings. The molecule has 1 amide bonds. The highest BCUT2D eigenvalue weighted by Gasteiger charge is 2.26. The van der Waals surface area contributed by atoms with E-state index in [9.17, 15) is 4.79 Å². The molecule has 130 valence electrons. The molecular weight excluding hydrogens is 362 g/mol. The fraction of sp³-hybridized carbons (Fsp3) is 0.412. The van der Waals surface area contributed by atoms with Crippen LogP contribution in [0.1, 0.15) is 25.7 Å². The number of thiazole rings is 1. The lowest BCUT2D eigenvalue weighted by Crippen LogP contribution is -2.28. The average Bonchev–Trinajstić information content (AvgIpc) is 3.17. The molecule has 1 heterocycles. The van der Waals surface area contributed by atoms with E-state index in [-0.39, 0.29) is 24.4 Å².